The number of aryl methyl sites for hydroxylation is 1. The third kappa shape index (κ3) is 3.35. The first-order chi connectivity index (χ1) is 9.10. The highest BCUT2D eigenvalue weighted by atomic mass is 35.5. The Morgan fingerprint density at radius 1 is 1.37 bits per heavy atom. The molecule has 3 nitrogen and oxygen atoms in total. The number of hydrogen-bond donors (Lipinski definition) is 1. The van der Waals surface area contributed by atoms with E-state index >= 15 is 0 Å². The van der Waals surface area contributed by atoms with Crippen LogP contribution in [0.2, 0.25) is 5.02 Å². The standard InChI is InChI=1S/C14H14ClFN2O/c1-9-6-11(19-2)7-10(18-9)8-17-14-12(15)4-3-5-13(14)16/h3-7,17H,8H2,1-2H3. The molecule has 0 bridgehead atoms. The van der Waals surface area contributed by atoms with Crippen molar-refractivity contribution >= 4 is 17.3 Å². The molecule has 1 heterocycles. The van der Waals surface area contributed by atoms with E-state index < -0.39 is 0 Å². The van der Waals surface area contributed by atoms with Crippen molar-refractivity contribution in [3.05, 3.63) is 52.6 Å². The molecular formula is C14H14ClFN2O. The summed E-state index contributed by atoms with van der Waals surface area (Å²) in [6.07, 6.45) is 0. The van der Waals surface area contributed by atoms with Crippen LogP contribution in [0.3, 0.4) is 0 Å². The topological polar surface area (TPSA) is 34.1 Å². The van der Waals surface area contributed by atoms with Crippen molar-refractivity contribution in [2.24, 2.45) is 0 Å². The number of benzene rings is 1. The number of rotatable bonds is 4. The van der Waals surface area contributed by atoms with Gasteiger partial charge in [0.1, 0.15) is 11.6 Å². The van der Waals surface area contributed by atoms with Crippen molar-refractivity contribution in [3.8, 4) is 5.75 Å². The molecule has 0 saturated carbocycles. The van der Waals surface area contributed by atoms with Gasteiger partial charge in [-0.15, -0.1) is 0 Å². The first-order valence-corrected chi connectivity index (χ1v) is 6.17. The Hall–Kier alpha value is -1.81. The van der Waals surface area contributed by atoms with E-state index in [2.05, 4.69) is 10.3 Å². The molecule has 0 aliphatic rings. The van der Waals surface area contributed by atoms with Crippen LogP contribution >= 0.6 is 11.6 Å². The number of anilines is 1. The van der Waals surface area contributed by atoms with Gasteiger partial charge in [-0.05, 0) is 19.1 Å². The minimum absolute atomic E-state index is 0.284. The number of ether oxygens (including phenoxy) is 1. The molecule has 2 rings (SSSR count). The van der Waals surface area contributed by atoms with Crippen LogP contribution in [0, 0.1) is 12.7 Å². The zero-order chi connectivity index (χ0) is 13.8. The normalized spacial score (nSPS) is 10.3. The number of para-hydroxylation sites is 1. The fourth-order valence-electron chi connectivity index (χ4n) is 1.76. The molecule has 1 N–H and O–H groups in total. The lowest BCUT2D eigenvalue weighted by Gasteiger charge is -2.10. The number of halogens is 2. The van der Waals surface area contributed by atoms with Gasteiger partial charge in [-0.2, -0.15) is 0 Å². The minimum Gasteiger partial charge on any atom is -0.497 e. The van der Waals surface area contributed by atoms with Crippen LogP contribution in [0.25, 0.3) is 0 Å². The second-order valence-corrected chi connectivity index (χ2v) is 4.50. The van der Waals surface area contributed by atoms with Gasteiger partial charge in [0, 0.05) is 17.8 Å². The first kappa shape index (κ1) is 13.6. The van der Waals surface area contributed by atoms with Crippen molar-refractivity contribution in [3.63, 3.8) is 0 Å². The number of methoxy groups -OCH3 is 1. The Kier molecular flexibility index (Phi) is 4.22. The highest BCUT2D eigenvalue weighted by Crippen LogP contribution is 2.25. The van der Waals surface area contributed by atoms with Crippen LogP contribution in [0.1, 0.15) is 11.4 Å². The molecule has 0 fully saturated rings. The van der Waals surface area contributed by atoms with Crippen LogP contribution in [0.4, 0.5) is 10.1 Å². The number of aromatic nitrogens is 1. The zero-order valence-electron chi connectivity index (χ0n) is 10.7. The Morgan fingerprint density at radius 2 is 2.16 bits per heavy atom. The third-order valence-electron chi connectivity index (χ3n) is 2.62. The second-order valence-electron chi connectivity index (χ2n) is 4.09. The van der Waals surface area contributed by atoms with Crippen molar-refractivity contribution in [1.29, 1.82) is 0 Å². The summed E-state index contributed by atoms with van der Waals surface area (Å²) in [5, 5.41) is 3.30. The van der Waals surface area contributed by atoms with Gasteiger partial charge in [0.25, 0.3) is 0 Å². The summed E-state index contributed by atoms with van der Waals surface area (Å²) in [6, 6.07) is 8.20. The van der Waals surface area contributed by atoms with Gasteiger partial charge in [-0.3, -0.25) is 4.98 Å². The average Bonchev–Trinajstić information content (AvgIpc) is 2.37. The molecule has 0 saturated heterocycles. The van der Waals surface area contributed by atoms with Gasteiger partial charge in [-0.1, -0.05) is 17.7 Å². The van der Waals surface area contributed by atoms with Crippen LogP contribution in [0.15, 0.2) is 30.3 Å². The molecule has 19 heavy (non-hydrogen) atoms. The van der Waals surface area contributed by atoms with Gasteiger partial charge in [0.05, 0.1) is 30.1 Å². The van der Waals surface area contributed by atoms with Crippen LogP contribution in [-0.4, -0.2) is 12.1 Å². The Balaban J connectivity index is 2.16. The predicted molar refractivity (Wildman–Crippen MR) is 74.3 cm³/mol. The van der Waals surface area contributed by atoms with Gasteiger partial charge in [-0.25, -0.2) is 4.39 Å². The van der Waals surface area contributed by atoms with Crippen molar-refractivity contribution < 1.29 is 9.13 Å². The van der Waals surface area contributed by atoms with Crippen molar-refractivity contribution in [1.82, 2.24) is 4.98 Å². The quantitative estimate of drug-likeness (QED) is 0.925. The Morgan fingerprint density at radius 3 is 2.84 bits per heavy atom. The summed E-state index contributed by atoms with van der Waals surface area (Å²) < 4.78 is 18.8. The molecule has 1 aromatic heterocycles. The van der Waals surface area contributed by atoms with E-state index in [4.69, 9.17) is 16.3 Å². The molecule has 0 aliphatic heterocycles. The number of hydrogen-bond acceptors (Lipinski definition) is 3. The maximum absolute atomic E-state index is 13.6. The predicted octanol–water partition coefficient (Wildman–Crippen LogP) is 3.80. The second kappa shape index (κ2) is 5.89. The van der Waals surface area contributed by atoms with Gasteiger partial charge >= 0.3 is 0 Å². The fraction of sp³-hybridized carbons (Fsp3) is 0.214. The van der Waals surface area contributed by atoms with E-state index in [9.17, 15) is 4.39 Å². The lowest BCUT2D eigenvalue weighted by molar-refractivity contribution is 0.413. The highest BCUT2D eigenvalue weighted by molar-refractivity contribution is 6.33. The smallest absolute Gasteiger partial charge is 0.147 e. The first-order valence-electron chi connectivity index (χ1n) is 5.79. The van der Waals surface area contributed by atoms with Crippen LogP contribution in [0.5, 0.6) is 5.75 Å². The molecule has 0 unspecified atom stereocenters. The largest absolute Gasteiger partial charge is 0.497 e. The average molecular weight is 281 g/mol. The molecule has 0 amide bonds. The number of pyridine rings is 1. The lowest BCUT2D eigenvalue weighted by atomic mass is 10.2. The molecule has 100 valence electrons. The van der Waals surface area contributed by atoms with Crippen LogP contribution < -0.4 is 10.1 Å². The fourth-order valence-corrected chi connectivity index (χ4v) is 1.99. The van der Waals surface area contributed by atoms with E-state index in [0.29, 0.717) is 11.6 Å². The molecule has 0 aliphatic carbocycles. The maximum atomic E-state index is 13.6. The minimum atomic E-state index is -0.382. The molecule has 0 atom stereocenters. The van der Waals surface area contributed by atoms with E-state index in [0.717, 1.165) is 17.1 Å². The van der Waals surface area contributed by atoms with Crippen molar-refractivity contribution in [2.75, 3.05) is 12.4 Å². The number of nitrogens with one attached hydrogen (secondary N) is 1. The zero-order valence-corrected chi connectivity index (χ0v) is 11.5. The van der Waals surface area contributed by atoms with E-state index in [-0.39, 0.29) is 11.5 Å². The third-order valence-corrected chi connectivity index (χ3v) is 2.94. The summed E-state index contributed by atoms with van der Waals surface area (Å²) in [7, 11) is 1.60. The summed E-state index contributed by atoms with van der Waals surface area (Å²) in [4.78, 5) is 4.35. The molecule has 0 spiro atoms. The Labute approximate surface area is 116 Å². The summed E-state index contributed by atoms with van der Waals surface area (Å²) >= 11 is 5.94. The van der Waals surface area contributed by atoms with Gasteiger partial charge < -0.3 is 10.1 Å². The molecule has 1 aromatic carbocycles. The van der Waals surface area contributed by atoms with E-state index in [1.807, 2.05) is 13.0 Å². The van der Waals surface area contributed by atoms with E-state index in [1.165, 1.54) is 6.07 Å². The van der Waals surface area contributed by atoms with E-state index in [1.54, 1.807) is 25.3 Å². The summed E-state index contributed by atoms with van der Waals surface area (Å²) in [5.74, 6) is 0.344. The molecule has 5 heteroatoms. The molecule has 0 radical (unpaired) electrons. The van der Waals surface area contributed by atoms with Crippen LogP contribution in [-0.2, 0) is 6.54 Å². The highest BCUT2D eigenvalue weighted by Gasteiger charge is 2.07. The lowest BCUT2D eigenvalue weighted by Crippen LogP contribution is -2.05. The SMILES string of the molecule is COc1cc(C)nc(CNc2c(F)cccc2Cl)c1. The van der Waals surface area contributed by atoms with Gasteiger partial charge in [0.2, 0.25) is 0 Å². The Bertz CT molecular complexity index is 569. The monoisotopic (exact) mass is 280 g/mol. The van der Waals surface area contributed by atoms with Crippen molar-refractivity contribution in [2.45, 2.75) is 13.5 Å². The molecule has 2 aromatic rings. The maximum Gasteiger partial charge on any atom is 0.147 e. The summed E-state index contributed by atoms with van der Waals surface area (Å²) in [5.41, 5.74) is 1.89. The molecular weight excluding hydrogens is 267 g/mol. The van der Waals surface area contributed by atoms with Gasteiger partial charge in [0.15, 0.2) is 0 Å². The number of nitrogens with zero attached hydrogens (tertiary/aromatic N) is 1. The summed E-state index contributed by atoms with van der Waals surface area (Å²) in [6.45, 7) is 2.25.